The fourth-order valence-electron chi connectivity index (χ4n) is 2.06. The van der Waals surface area contributed by atoms with Crippen molar-refractivity contribution in [3.63, 3.8) is 0 Å². The SMILES string of the molecule is CCCCC(NCC)c1cccc(N(C)C)c1. The lowest BCUT2D eigenvalue weighted by Gasteiger charge is -2.20. The van der Waals surface area contributed by atoms with Gasteiger partial charge in [-0.1, -0.05) is 38.8 Å². The highest BCUT2D eigenvalue weighted by atomic mass is 15.1. The third-order valence-corrected chi connectivity index (χ3v) is 3.09. The van der Waals surface area contributed by atoms with E-state index in [1.165, 1.54) is 30.5 Å². The topological polar surface area (TPSA) is 15.3 Å². The Labute approximate surface area is 106 Å². The smallest absolute Gasteiger partial charge is 0.0364 e. The molecule has 2 heteroatoms. The van der Waals surface area contributed by atoms with Crippen LogP contribution in [0.5, 0.6) is 0 Å². The molecule has 0 aliphatic carbocycles. The minimum Gasteiger partial charge on any atom is -0.378 e. The van der Waals surface area contributed by atoms with Gasteiger partial charge in [-0.05, 0) is 30.7 Å². The van der Waals surface area contributed by atoms with E-state index in [2.05, 4.69) is 62.4 Å². The van der Waals surface area contributed by atoms with Crippen LogP contribution in [0.25, 0.3) is 0 Å². The van der Waals surface area contributed by atoms with E-state index in [0.717, 1.165) is 6.54 Å². The molecule has 0 aliphatic rings. The summed E-state index contributed by atoms with van der Waals surface area (Å²) >= 11 is 0. The predicted molar refractivity (Wildman–Crippen MR) is 76.7 cm³/mol. The van der Waals surface area contributed by atoms with Crippen LogP contribution >= 0.6 is 0 Å². The summed E-state index contributed by atoms with van der Waals surface area (Å²) in [6.45, 7) is 5.45. The highest BCUT2D eigenvalue weighted by Gasteiger charge is 2.10. The number of rotatable bonds is 7. The molecule has 2 nitrogen and oxygen atoms in total. The molecule has 1 atom stereocenters. The second kappa shape index (κ2) is 7.33. The lowest BCUT2D eigenvalue weighted by molar-refractivity contribution is 0.495. The Morgan fingerprint density at radius 1 is 1.24 bits per heavy atom. The van der Waals surface area contributed by atoms with E-state index in [1.54, 1.807) is 0 Å². The highest BCUT2D eigenvalue weighted by Crippen LogP contribution is 2.23. The summed E-state index contributed by atoms with van der Waals surface area (Å²) in [5.74, 6) is 0. The zero-order valence-electron chi connectivity index (χ0n) is 11.7. The van der Waals surface area contributed by atoms with Gasteiger partial charge < -0.3 is 10.2 Å². The summed E-state index contributed by atoms with van der Waals surface area (Å²) in [7, 11) is 4.18. The van der Waals surface area contributed by atoms with E-state index >= 15 is 0 Å². The molecule has 0 saturated heterocycles. The minimum atomic E-state index is 0.500. The van der Waals surface area contributed by atoms with Gasteiger partial charge in [0.2, 0.25) is 0 Å². The fourth-order valence-corrected chi connectivity index (χ4v) is 2.06. The largest absolute Gasteiger partial charge is 0.378 e. The maximum Gasteiger partial charge on any atom is 0.0364 e. The summed E-state index contributed by atoms with van der Waals surface area (Å²) in [6, 6.07) is 9.34. The van der Waals surface area contributed by atoms with Crippen molar-refractivity contribution in [1.82, 2.24) is 5.32 Å². The van der Waals surface area contributed by atoms with Crippen molar-refractivity contribution in [3.05, 3.63) is 29.8 Å². The maximum absolute atomic E-state index is 3.58. The van der Waals surface area contributed by atoms with Gasteiger partial charge in [0.25, 0.3) is 0 Å². The molecule has 1 aromatic rings. The van der Waals surface area contributed by atoms with Crippen molar-refractivity contribution in [1.29, 1.82) is 0 Å². The van der Waals surface area contributed by atoms with Crippen LogP contribution in [0.1, 0.15) is 44.7 Å². The highest BCUT2D eigenvalue weighted by molar-refractivity contribution is 5.47. The first-order valence-electron chi connectivity index (χ1n) is 6.69. The van der Waals surface area contributed by atoms with Gasteiger partial charge in [0, 0.05) is 25.8 Å². The average molecular weight is 234 g/mol. The van der Waals surface area contributed by atoms with E-state index in [4.69, 9.17) is 0 Å². The Balaban J connectivity index is 2.81. The second-order valence-electron chi connectivity index (χ2n) is 4.74. The van der Waals surface area contributed by atoms with Gasteiger partial charge in [-0.3, -0.25) is 0 Å². The van der Waals surface area contributed by atoms with E-state index in [1.807, 2.05) is 0 Å². The molecule has 0 saturated carbocycles. The Morgan fingerprint density at radius 2 is 2.00 bits per heavy atom. The van der Waals surface area contributed by atoms with Gasteiger partial charge >= 0.3 is 0 Å². The Bertz CT molecular complexity index is 320. The standard InChI is InChI=1S/C15H26N2/c1-5-7-11-15(16-6-2)13-9-8-10-14(12-13)17(3)4/h8-10,12,15-16H,5-7,11H2,1-4H3. The zero-order chi connectivity index (χ0) is 12.7. The van der Waals surface area contributed by atoms with E-state index in [9.17, 15) is 0 Å². The van der Waals surface area contributed by atoms with E-state index in [-0.39, 0.29) is 0 Å². The molecule has 0 spiro atoms. The van der Waals surface area contributed by atoms with Gasteiger partial charge in [0.15, 0.2) is 0 Å². The molecule has 17 heavy (non-hydrogen) atoms. The lowest BCUT2D eigenvalue weighted by atomic mass is 10.0. The van der Waals surface area contributed by atoms with E-state index < -0.39 is 0 Å². The fraction of sp³-hybridized carbons (Fsp3) is 0.600. The Hall–Kier alpha value is -1.02. The van der Waals surface area contributed by atoms with Crippen molar-refractivity contribution in [3.8, 4) is 0 Å². The van der Waals surface area contributed by atoms with Crippen molar-refractivity contribution < 1.29 is 0 Å². The Kier molecular flexibility index (Phi) is 6.06. The number of unbranched alkanes of at least 4 members (excludes halogenated alkanes) is 1. The van der Waals surface area contributed by atoms with E-state index in [0.29, 0.717) is 6.04 Å². The third kappa shape index (κ3) is 4.39. The first-order chi connectivity index (χ1) is 8.19. The first-order valence-corrected chi connectivity index (χ1v) is 6.69. The van der Waals surface area contributed by atoms with Crippen LogP contribution in [0.3, 0.4) is 0 Å². The predicted octanol–water partition coefficient (Wildman–Crippen LogP) is 3.59. The molecule has 0 aliphatic heterocycles. The summed E-state index contributed by atoms with van der Waals surface area (Å²) in [5, 5.41) is 3.58. The number of hydrogen-bond acceptors (Lipinski definition) is 2. The molecular formula is C15H26N2. The van der Waals surface area contributed by atoms with Gasteiger partial charge in [-0.2, -0.15) is 0 Å². The van der Waals surface area contributed by atoms with Gasteiger partial charge in [0.1, 0.15) is 0 Å². The number of benzene rings is 1. The first kappa shape index (κ1) is 14.0. The number of nitrogens with zero attached hydrogens (tertiary/aromatic N) is 1. The molecule has 0 aromatic heterocycles. The normalized spacial score (nSPS) is 12.5. The molecular weight excluding hydrogens is 208 g/mol. The molecule has 1 aromatic carbocycles. The van der Waals surface area contributed by atoms with Crippen LogP contribution in [0, 0.1) is 0 Å². The summed E-state index contributed by atoms with van der Waals surface area (Å²) < 4.78 is 0. The summed E-state index contributed by atoms with van der Waals surface area (Å²) in [5.41, 5.74) is 2.69. The molecule has 0 bridgehead atoms. The molecule has 0 heterocycles. The molecule has 0 fully saturated rings. The molecule has 0 radical (unpaired) electrons. The minimum absolute atomic E-state index is 0.500. The number of hydrogen-bond donors (Lipinski definition) is 1. The molecule has 1 unspecified atom stereocenters. The number of anilines is 1. The third-order valence-electron chi connectivity index (χ3n) is 3.09. The van der Waals surface area contributed by atoms with Crippen molar-refractivity contribution in [2.24, 2.45) is 0 Å². The van der Waals surface area contributed by atoms with Crippen LogP contribution in [0.4, 0.5) is 5.69 Å². The average Bonchev–Trinajstić information content (AvgIpc) is 2.34. The van der Waals surface area contributed by atoms with Crippen LogP contribution in [-0.2, 0) is 0 Å². The zero-order valence-corrected chi connectivity index (χ0v) is 11.7. The van der Waals surface area contributed by atoms with Gasteiger partial charge in [-0.25, -0.2) is 0 Å². The van der Waals surface area contributed by atoms with Crippen LogP contribution in [0.15, 0.2) is 24.3 Å². The van der Waals surface area contributed by atoms with Gasteiger partial charge in [-0.15, -0.1) is 0 Å². The van der Waals surface area contributed by atoms with Crippen LogP contribution in [-0.4, -0.2) is 20.6 Å². The molecule has 1 N–H and O–H groups in total. The Morgan fingerprint density at radius 3 is 2.59 bits per heavy atom. The summed E-state index contributed by atoms with van der Waals surface area (Å²) in [4.78, 5) is 2.16. The molecule has 1 rings (SSSR count). The number of nitrogens with one attached hydrogen (secondary N) is 1. The van der Waals surface area contributed by atoms with Gasteiger partial charge in [0.05, 0.1) is 0 Å². The second-order valence-corrected chi connectivity index (χ2v) is 4.74. The van der Waals surface area contributed by atoms with Crippen LogP contribution in [0.2, 0.25) is 0 Å². The van der Waals surface area contributed by atoms with Crippen molar-refractivity contribution in [2.75, 3.05) is 25.5 Å². The lowest BCUT2D eigenvalue weighted by Crippen LogP contribution is -2.21. The maximum atomic E-state index is 3.58. The van der Waals surface area contributed by atoms with Crippen molar-refractivity contribution in [2.45, 2.75) is 39.2 Å². The van der Waals surface area contributed by atoms with Crippen molar-refractivity contribution >= 4 is 5.69 Å². The monoisotopic (exact) mass is 234 g/mol. The summed E-state index contributed by atoms with van der Waals surface area (Å²) in [6.07, 6.45) is 3.76. The molecule has 0 amide bonds. The van der Waals surface area contributed by atoms with Crippen LogP contribution < -0.4 is 10.2 Å². The molecule has 96 valence electrons. The quantitative estimate of drug-likeness (QED) is 0.775.